The number of thiophene rings is 1. The second-order valence-corrected chi connectivity index (χ2v) is 18.5. The standard InChI is InChI=1S/C49H49N3S/c1-47(2,3)34-18-19-43-41(28-34)42-30-36(49(7,8)9)29-40(45(42)51-43)32-14-13-17-38(25-32)52(37-15-11-10-12-16-37)39-26-33(24-35(27-39)48(4,5)6)44-46-31(20-22-50-44)21-23-53-46/h10-30,51H,1-9H3. The zero-order chi connectivity index (χ0) is 37.3. The number of anilines is 3. The molecule has 0 fully saturated rings. The Labute approximate surface area is 318 Å². The lowest BCUT2D eigenvalue weighted by atomic mass is 9.83. The average Bonchev–Trinajstić information content (AvgIpc) is 3.75. The molecule has 0 saturated carbocycles. The number of hydrogen-bond acceptors (Lipinski definition) is 3. The van der Waals surface area contributed by atoms with E-state index >= 15 is 0 Å². The summed E-state index contributed by atoms with van der Waals surface area (Å²) in [5.41, 5.74) is 14.1. The summed E-state index contributed by atoms with van der Waals surface area (Å²) in [7, 11) is 0. The lowest BCUT2D eigenvalue weighted by Gasteiger charge is -2.29. The summed E-state index contributed by atoms with van der Waals surface area (Å²) in [4.78, 5) is 11.2. The van der Waals surface area contributed by atoms with Gasteiger partial charge in [0.25, 0.3) is 0 Å². The minimum atomic E-state index is -0.0697. The maximum absolute atomic E-state index is 4.95. The molecular formula is C49H49N3S. The Morgan fingerprint density at radius 2 is 1.23 bits per heavy atom. The molecule has 3 aromatic heterocycles. The third-order valence-corrected chi connectivity index (χ3v) is 11.5. The number of fused-ring (bicyclic) bond motifs is 4. The van der Waals surface area contributed by atoms with Crippen molar-refractivity contribution in [2.24, 2.45) is 0 Å². The summed E-state index contributed by atoms with van der Waals surface area (Å²) in [5.74, 6) is 0. The number of nitrogens with zero attached hydrogens (tertiary/aromatic N) is 2. The lowest BCUT2D eigenvalue weighted by molar-refractivity contribution is 0.590. The Hall–Kier alpha value is -5.19. The molecule has 0 aliphatic rings. The van der Waals surface area contributed by atoms with Gasteiger partial charge < -0.3 is 9.88 Å². The lowest BCUT2D eigenvalue weighted by Crippen LogP contribution is -2.15. The Kier molecular flexibility index (Phi) is 8.38. The predicted octanol–water partition coefficient (Wildman–Crippen LogP) is 14.6. The minimum absolute atomic E-state index is 0.0227. The molecule has 0 aliphatic carbocycles. The van der Waals surface area contributed by atoms with Gasteiger partial charge in [0, 0.05) is 50.7 Å². The quantitative estimate of drug-likeness (QED) is 0.193. The number of hydrogen-bond donors (Lipinski definition) is 1. The van der Waals surface area contributed by atoms with E-state index in [1.807, 2.05) is 6.20 Å². The minimum Gasteiger partial charge on any atom is -0.354 e. The van der Waals surface area contributed by atoms with Crippen molar-refractivity contribution in [2.75, 3.05) is 4.90 Å². The summed E-state index contributed by atoms with van der Waals surface area (Å²) < 4.78 is 1.22. The molecule has 0 unspecified atom stereocenters. The highest BCUT2D eigenvalue weighted by atomic mass is 32.1. The van der Waals surface area contributed by atoms with Crippen LogP contribution in [0.4, 0.5) is 17.1 Å². The molecule has 3 heterocycles. The fourth-order valence-corrected chi connectivity index (χ4v) is 8.28. The first-order chi connectivity index (χ1) is 25.1. The van der Waals surface area contributed by atoms with Gasteiger partial charge in [-0.05, 0) is 128 Å². The van der Waals surface area contributed by atoms with Crippen LogP contribution in [0.5, 0.6) is 0 Å². The van der Waals surface area contributed by atoms with Crippen LogP contribution in [0.2, 0.25) is 0 Å². The van der Waals surface area contributed by atoms with Gasteiger partial charge >= 0.3 is 0 Å². The van der Waals surface area contributed by atoms with Crippen LogP contribution in [0.3, 0.4) is 0 Å². The first-order valence-electron chi connectivity index (χ1n) is 18.7. The summed E-state index contributed by atoms with van der Waals surface area (Å²) in [6.45, 7) is 20.7. The number of pyridine rings is 1. The van der Waals surface area contributed by atoms with Crippen LogP contribution >= 0.6 is 11.3 Å². The number of para-hydroxylation sites is 1. The average molecular weight is 712 g/mol. The van der Waals surface area contributed by atoms with Crippen molar-refractivity contribution in [3.63, 3.8) is 0 Å². The van der Waals surface area contributed by atoms with Gasteiger partial charge in [-0.2, -0.15) is 0 Å². The normalized spacial score (nSPS) is 12.6. The van der Waals surface area contributed by atoms with E-state index in [0.29, 0.717) is 0 Å². The van der Waals surface area contributed by atoms with Crippen LogP contribution in [-0.2, 0) is 16.2 Å². The van der Waals surface area contributed by atoms with Crippen molar-refractivity contribution in [2.45, 2.75) is 78.6 Å². The molecule has 1 N–H and O–H groups in total. The van der Waals surface area contributed by atoms with E-state index in [9.17, 15) is 0 Å². The molecule has 8 aromatic rings. The molecule has 0 saturated heterocycles. The van der Waals surface area contributed by atoms with Crippen LogP contribution in [0.15, 0.2) is 127 Å². The van der Waals surface area contributed by atoms with E-state index in [4.69, 9.17) is 4.98 Å². The third-order valence-electron chi connectivity index (χ3n) is 10.6. The molecule has 0 atom stereocenters. The number of nitrogens with one attached hydrogen (secondary N) is 1. The van der Waals surface area contributed by atoms with Crippen molar-refractivity contribution < 1.29 is 0 Å². The highest BCUT2D eigenvalue weighted by Crippen LogP contribution is 2.44. The van der Waals surface area contributed by atoms with E-state index in [1.54, 1.807) is 11.3 Å². The second-order valence-electron chi connectivity index (χ2n) is 17.6. The fourth-order valence-electron chi connectivity index (χ4n) is 7.37. The van der Waals surface area contributed by atoms with Gasteiger partial charge in [-0.1, -0.05) is 98.7 Å². The molecule has 0 bridgehead atoms. The number of H-pyrrole nitrogens is 1. The maximum Gasteiger partial charge on any atom is 0.0880 e. The summed E-state index contributed by atoms with van der Waals surface area (Å²) in [6, 6.07) is 42.9. The van der Waals surface area contributed by atoms with Crippen LogP contribution in [0.25, 0.3) is 54.3 Å². The van der Waals surface area contributed by atoms with E-state index < -0.39 is 0 Å². The Morgan fingerprint density at radius 1 is 0.547 bits per heavy atom. The predicted molar refractivity (Wildman–Crippen MR) is 231 cm³/mol. The molecule has 53 heavy (non-hydrogen) atoms. The van der Waals surface area contributed by atoms with Gasteiger partial charge in [0.1, 0.15) is 0 Å². The van der Waals surface area contributed by atoms with Crippen molar-refractivity contribution in [1.29, 1.82) is 0 Å². The fraction of sp³-hybridized carbons (Fsp3) is 0.245. The highest BCUT2D eigenvalue weighted by Gasteiger charge is 2.24. The van der Waals surface area contributed by atoms with Gasteiger partial charge in [0.2, 0.25) is 0 Å². The smallest absolute Gasteiger partial charge is 0.0880 e. The molecule has 0 aliphatic heterocycles. The van der Waals surface area contributed by atoms with E-state index in [0.717, 1.165) is 28.3 Å². The molecular weight excluding hydrogens is 663 g/mol. The van der Waals surface area contributed by atoms with Crippen LogP contribution in [0.1, 0.15) is 79.0 Å². The van der Waals surface area contributed by atoms with Gasteiger partial charge in [-0.15, -0.1) is 11.3 Å². The first kappa shape index (κ1) is 34.9. The van der Waals surface area contributed by atoms with Crippen molar-refractivity contribution >= 4 is 60.3 Å². The number of benzene rings is 5. The van der Waals surface area contributed by atoms with Crippen molar-refractivity contribution in [1.82, 2.24) is 9.97 Å². The molecule has 3 nitrogen and oxygen atoms in total. The monoisotopic (exact) mass is 711 g/mol. The van der Waals surface area contributed by atoms with Crippen molar-refractivity contribution in [3.8, 4) is 22.4 Å². The topological polar surface area (TPSA) is 31.9 Å². The Morgan fingerprint density at radius 3 is 1.96 bits per heavy atom. The van der Waals surface area contributed by atoms with Crippen LogP contribution in [0, 0.1) is 0 Å². The largest absolute Gasteiger partial charge is 0.354 e. The van der Waals surface area contributed by atoms with Gasteiger partial charge in [-0.3, -0.25) is 4.98 Å². The SMILES string of the molecule is CC(C)(C)c1cc(-c2nccc3ccsc23)cc(N(c2ccccc2)c2cccc(-c3cc(C(C)(C)C)cc4c3[nH]c3ccc(C(C)(C)C)cc34)c2)c1. The number of aromatic nitrogens is 2. The van der Waals surface area contributed by atoms with Gasteiger partial charge in [-0.25, -0.2) is 0 Å². The van der Waals surface area contributed by atoms with Gasteiger partial charge in [0.05, 0.1) is 15.9 Å². The molecule has 0 amide bonds. The first-order valence-corrected chi connectivity index (χ1v) is 19.6. The second kappa shape index (κ2) is 12.7. The molecule has 5 aromatic carbocycles. The van der Waals surface area contributed by atoms with E-state index in [-0.39, 0.29) is 16.2 Å². The maximum atomic E-state index is 4.95. The molecule has 8 rings (SSSR count). The van der Waals surface area contributed by atoms with Crippen molar-refractivity contribution in [3.05, 3.63) is 144 Å². The summed E-state index contributed by atoms with van der Waals surface area (Å²) >= 11 is 1.76. The third kappa shape index (κ3) is 6.55. The van der Waals surface area contributed by atoms with E-state index in [2.05, 4.69) is 193 Å². The number of rotatable bonds is 5. The van der Waals surface area contributed by atoms with Crippen LogP contribution in [-0.4, -0.2) is 9.97 Å². The molecule has 266 valence electrons. The summed E-state index contributed by atoms with van der Waals surface area (Å²) in [6.07, 6.45) is 1.94. The highest BCUT2D eigenvalue weighted by molar-refractivity contribution is 7.17. The zero-order valence-electron chi connectivity index (χ0n) is 32.4. The van der Waals surface area contributed by atoms with E-state index in [1.165, 1.54) is 59.7 Å². The Bertz CT molecular complexity index is 2620. The molecule has 0 radical (unpaired) electrons. The van der Waals surface area contributed by atoms with Crippen LogP contribution < -0.4 is 4.90 Å². The number of aromatic amines is 1. The molecule has 0 spiro atoms. The summed E-state index contributed by atoms with van der Waals surface area (Å²) in [5, 5.41) is 5.94. The molecule has 4 heteroatoms. The van der Waals surface area contributed by atoms with Gasteiger partial charge in [0.15, 0.2) is 0 Å². The Balaban J connectivity index is 1.36. The zero-order valence-corrected chi connectivity index (χ0v) is 33.2.